The van der Waals surface area contributed by atoms with Gasteiger partial charge in [0.2, 0.25) is 0 Å². The van der Waals surface area contributed by atoms with Crippen molar-refractivity contribution in [2.75, 3.05) is 7.11 Å². The number of esters is 1. The van der Waals surface area contributed by atoms with E-state index in [1.165, 1.54) is 7.11 Å². The van der Waals surface area contributed by atoms with Crippen LogP contribution in [-0.4, -0.2) is 18.2 Å². The Hall–Kier alpha value is -1.61. The SMILES string of the molecule is C=CC(C)(C)[C@H](O)c1ccc(C(=O)OC)cc1. The van der Waals surface area contributed by atoms with Crippen LogP contribution >= 0.6 is 0 Å². The van der Waals surface area contributed by atoms with Crippen molar-refractivity contribution in [3.63, 3.8) is 0 Å². The van der Waals surface area contributed by atoms with Crippen molar-refractivity contribution >= 4 is 5.97 Å². The highest BCUT2D eigenvalue weighted by Gasteiger charge is 2.25. The normalized spacial score (nSPS) is 12.9. The van der Waals surface area contributed by atoms with Gasteiger partial charge in [0.1, 0.15) is 0 Å². The summed E-state index contributed by atoms with van der Waals surface area (Å²) in [6.45, 7) is 7.51. The van der Waals surface area contributed by atoms with Gasteiger partial charge in [0.15, 0.2) is 0 Å². The van der Waals surface area contributed by atoms with E-state index in [1.807, 2.05) is 13.8 Å². The van der Waals surface area contributed by atoms with Crippen molar-refractivity contribution in [1.29, 1.82) is 0 Å². The molecule has 0 saturated carbocycles. The Kier molecular flexibility index (Phi) is 4.07. The Morgan fingerprint density at radius 3 is 2.35 bits per heavy atom. The van der Waals surface area contributed by atoms with Crippen molar-refractivity contribution in [3.8, 4) is 0 Å². The number of methoxy groups -OCH3 is 1. The lowest BCUT2D eigenvalue weighted by Crippen LogP contribution is -2.19. The minimum atomic E-state index is -0.647. The van der Waals surface area contributed by atoms with E-state index in [1.54, 1.807) is 30.3 Å². The average Bonchev–Trinajstić information content (AvgIpc) is 2.37. The number of carbonyl (C=O) groups is 1. The smallest absolute Gasteiger partial charge is 0.337 e. The summed E-state index contributed by atoms with van der Waals surface area (Å²) in [7, 11) is 1.34. The Morgan fingerprint density at radius 2 is 1.94 bits per heavy atom. The van der Waals surface area contributed by atoms with Crippen LogP contribution < -0.4 is 0 Å². The summed E-state index contributed by atoms with van der Waals surface area (Å²) in [6.07, 6.45) is 1.07. The Balaban J connectivity index is 2.95. The number of hydrogen-bond acceptors (Lipinski definition) is 3. The molecule has 1 rings (SSSR count). The molecule has 1 atom stereocenters. The van der Waals surface area contributed by atoms with E-state index in [0.717, 1.165) is 5.56 Å². The average molecular weight is 234 g/mol. The first kappa shape index (κ1) is 13.5. The summed E-state index contributed by atoms with van der Waals surface area (Å²) < 4.78 is 4.61. The van der Waals surface area contributed by atoms with Gasteiger partial charge in [-0.2, -0.15) is 0 Å². The van der Waals surface area contributed by atoms with Crippen molar-refractivity contribution in [1.82, 2.24) is 0 Å². The molecule has 1 aromatic carbocycles. The van der Waals surface area contributed by atoms with Gasteiger partial charge >= 0.3 is 5.97 Å². The van der Waals surface area contributed by atoms with Gasteiger partial charge in [-0.1, -0.05) is 32.1 Å². The third-order valence-corrected chi connectivity index (χ3v) is 2.88. The lowest BCUT2D eigenvalue weighted by Gasteiger charge is -2.27. The van der Waals surface area contributed by atoms with Gasteiger partial charge in [0.05, 0.1) is 18.8 Å². The Labute approximate surface area is 102 Å². The number of aliphatic hydroxyl groups is 1. The van der Waals surface area contributed by atoms with Crippen LogP contribution in [0.3, 0.4) is 0 Å². The molecular formula is C14H18O3. The number of ether oxygens (including phenoxy) is 1. The molecule has 0 unspecified atom stereocenters. The maximum atomic E-state index is 11.2. The molecule has 0 fully saturated rings. The van der Waals surface area contributed by atoms with Crippen LogP contribution in [0.5, 0.6) is 0 Å². The zero-order chi connectivity index (χ0) is 13.1. The van der Waals surface area contributed by atoms with Gasteiger partial charge in [0, 0.05) is 5.41 Å². The first-order chi connectivity index (χ1) is 7.92. The number of carbonyl (C=O) groups excluding carboxylic acids is 1. The van der Waals surface area contributed by atoms with E-state index in [0.29, 0.717) is 5.56 Å². The summed E-state index contributed by atoms with van der Waals surface area (Å²) in [5.41, 5.74) is 0.815. The lowest BCUT2D eigenvalue weighted by atomic mass is 9.83. The van der Waals surface area contributed by atoms with Crippen LogP contribution in [0.4, 0.5) is 0 Å². The highest BCUT2D eigenvalue weighted by Crippen LogP contribution is 2.34. The molecule has 0 amide bonds. The molecule has 0 aliphatic rings. The van der Waals surface area contributed by atoms with Gasteiger partial charge in [-0.05, 0) is 17.7 Å². The second-order valence-corrected chi connectivity index (χ2v) is 4.54. The van der Waals surface area contributed by atoms with E-state index in [4.69, 9.17) is 0 Å². The van der Waals surface area contributed by atoms with Crippen molar-refractivity contribution in [3.05, 3.63) is 48.0 Å². The second-order valence-electron chi connectivity index (χ2n) is 4.54. The number of rotatable bonds is 4. The van der Waals surface area contributed by atoms with Gasteiger partial charge < -0.3 is 9.84 Å². The zero-order valence-corrected chi connectivity index (χ0v) is 10.4. The lowest BCUT2D eigenvalue weighted by molar-refractivity contribution is 0.0600. The fourth-order valence-corrected chi connectivity index (χ4v) is 1.46. The molecule has 3 nitrogen and oxygen atoms in total. The van der Waals surface area contributed by atoms with E-state index in [9.17, 15) is 9.90 Å². The zero-order valence-electron chi connectivity index (χ0n) is 10.4. The molecule has 92 valence electrons. The second kappa shape index (κ2) is 5.15. The Bertz CT molecular complexity index is 404. The minimum absolute atomic E-state index is 0.381. The number of benzene rings is 1. The van der Waals surface area contributed by atoms with Gasteiger partial charge in [-0.25, -0.2) is 4.79 Å². The topological polar surface area (TPSA) is 46.5 Å². The summed E-state index contributed by atoms with van der Waals surface area (Å²) in [4.78, 5) is 11.2. The molecule has 0 aliphatic carbocycles. The van der Waals surface area contributed by atoms with Crippen molar-refractivity contribution in [2.24, 2.45) is 5.41 Å². The summed E-state index contributed by atoms with van der Waals surface area (Å²) in [6, 6.07) is 6.73. The molecular weight excluding hydrogens is 216 g/mol. The van der Waals surface area contributed by atoms with Crippen molar-refractivity contribution in [2.45, 2.75) is 20.0 Å². The standard InChI is InChI=1S/C14H18O3/c1-5-14(2,3)12(15)10-6-8-11(9-7-10)13(16)17-4/h5-9,12,15H,1H2,2-4H3/t12-/m1/s1. The molecule has 0 bridgehead atoms. The molecule has 0 radical (unpaired) electrons. The maximum Gasteiger partial charge on any atom is 0.337 e. The number of aliphatic hydroxyl groups excluding tert-OH is 1. The third-order valence-electron chi connectivity index (χ3n) is 2.88. The fourth-order valence-electron chi connectivity index (χ4n) is 1.46. The van der Waals surface area contributed by atoms with Gasteiger partial charge in [-0.15, -0.1) is 6.58 Å². The molecule has 1 N–H and O–H groups in total. The van der Waals surface area contributed by atoms with E-state index in [2.05, 4.69) is 11.3 Å². The number of hydrogen-bond donors (Lipinski definition) is 1. The maximum absolute atomic E-state index is 11.2. The minimum Gasteiger partial charge on any atom is -0.465 e. The largest absolute Gasteiger partial charge is 0.465 e. The van der Waals surface area contributed by atoms with E-state index < -0.39 is 11.5 Å². The summed E-state index contributed by atoms with van der Waals surface area (Å²) >= 11 is 0. The molecule has 3 heteroatoms. The highest BCUT2D eigenvalue weighted by atomic mass is 16.5. The van der Waals surface area contributed by atoms with Gasteiger partial charge in [0.25, 0.3) is 0 Å². The molecule has 1 aromatic rings. The first-order valence-corrected chi connectivity index (χ1v) is 5.42. The molecule has 0 aromatic heterocycles. The predicted octanol–water partition coefficient (Wildman–Crippen LogP) is 2.72. The van der Waals surface area contributed by atoms with Crippen LogP contribution in [0.2, 0.25) is 0 Å². The van der Waals surface area contributed by atoms with E-state index in [-0.39, 0.29) is 5.97 Å². The molecule has 0 saturated heterocycles. The van der Waals surface area contributed by atoms with Crippen LogP contribution in [-0.2, 0) is 4.74 Å². The molecule has 17 heavy (non-hydrogen) atoms. The summed E-state index contributed by atoms with van der Waals surface area (Å²) in [5, 5.41) is 10.1. The fraction of sp³-hybridized carbons (Fsp3) is 0.357. The van der Waals surface area contributed by atoms with Gasteiger partial charge in [-0.3, -0.25) is 0 Å². The molecule has 0 spiro atoms. The quantitative estimate of drug-likeness (QED) is 0.643. The Morgan fingerprint density at radius 1 is 1.41 bits per heavy atom. The van der Waals surface area contributed by atoms with Crippen molar-refractivity contribution < 1.29 is 14.6 Å². The highest BCUT2D eigenvalue weighted by molar-refractivity contribution is 5.89. The predicted molar refractivity (Wildman–Crippen MR) is 66.7 cm³/mol. The monoisotopic (exact) mass is 234 g/mol. The van der Waals surface area contributed by atoms with Crippen LogP contribution in [0.1, 0.15) is 35.9 Å². The third kappa shape index (κ3) is 2.94. The first-order valence-electron chi connectivity index (χ1n) is 5.42. The van der Waals surface area contributed by atoms with Crippen LogP contribution in [0.15, 0.2) is 36.9 Å². The van der Waals surface area contributed by atoms with Crippen LogP contribution in [0, 0.1) is 5.41 Å². The van der Waals surface area contributed by atoms with E-state index >= 15 is 0 Å². The molecule has 0 heterocycles. The molecule has 0 aliphatic heterocycles. The summed E-state index contributed by atoms with van der Waals surface area (Å²) in [5.74, 6) is -0.381. The van der Waals surface area contributed by atoms with Crippen LogP contribution in [0.25, 0.3) is 0 Å².